The number of aryl methyl sites for hydroxylation is 2. The van der Waals surface area contributed by atoms with Crippen LogP contribution >= 0.6 is 0 Å². The minimum Gasteiger partial charge on any atom is -0.478 e. The highest BCUT2D eigenvalue weighted by Gasteiger charge is 2.27. The summed E-state index contributed by atoms with van der Waals surface area (Å²) < 4.78 is 0. The Kier molecular flexibility index (Phi) is 4.63. The SMILES string of the molecule is CCCC1CCCCN1c1nc(C)cc(C)c1C(=O)O. The van der Waals surface area contributed by atoms with Gasteiger partial charge in [0.1, 0.15) is 11.4 Å². The smallest absolute Gasteiger partial charge is 0.339 e. The van der Waals surface area contributed by atoms with Gasteiger partial charge in [-0.1, -0.05) is 13.3 Å². The summed E-state index contributed by atoms with van der Waals surface area (Å²) in [7, 11) is 0. The van der Waals surface area contributed by atoms with Crippen LogP contribution in [0.25, 0.3) is 0 Å². The zero-order chi connectivity index (χ0) is 14.7. The summed E-state index contributed by atoms with van der Waals surface area (Å²) in [6, 6.07) is 2.28. The minimum atomic E-state index is -0.870. The van der Waals surface area contributed by atoms with Crippen molar-refractivity contribution < 1.29 is 9.90 Å². The second kappa shape index (κ2) is 6.25. The number of carboxylic acid groups (broad SMARTS) is 1. The van der Waals surface area contributed by atoms with E-state index in [9.17, 15) is 9.90 Å². The van der Waals surface area contributed by atoms with Gasteiger partial charge in [0.25, 0.3) is 0 Å². The molecule has 1 aromatic rings. The predicted molar refractivity (Wildman–Crippen MR) is 80.6 cm³/mol. The Hall–Kier alpha value is -1.58. The molecule has 0 radical (unpaired) electrons. The molecule has 20 heavy (non-hydrogen) atoms. The molecule has 4 heteroatoms. The quantitative estimate of drug-likeness (QED) is 0.913. The number of nitrogens with zero attached hydrogens (tertiary/aromatic N) is 2. The number of hydrogen-bond donors (Lipinski definition) is 1. The number of aromatic nitrogens is 1. The van der Waals surface area contributed by atoms with Crippen molar-refractivity contribution in [3.05, 3.63) is 22.9 Å². The summed E-state index contributed by atoms with van der Waals surface area (Å²) in [5, 5.41) is 9.52. The molecule has 1 N–H and O–H groups in total. The molecular weight excluding hydrogens is 252 g/mol. The first kappa shape index (κ1) is 14.8. The van der Waals surface area contributed by atoms with Gasteiger partial charge >= 0.3 is 5.97 Å². The Bertz CT molecular complexity index is 497. The molecule has 1 atom stereocenters. The Labute approximate surface area is 120 Å². The van der Waals surface area contributed by atoms with Gasteiger partial charge in [0.15, 0.2) is 0 Å². The van der Waals surface area contributed by atoms with Gasteiger partial charge in [0, 0.05) is 18.3 Å². The van der Waals surface area contributed by atoms with Crippen molar-refractivity contribution in [3.8, 4) is 0 Å². The van der Waals surface area contributed by atoms with Crippen LogP contribution in [0.1, 0.15) is 60.6 Å². The maximum Gasteiger partial charge on any atom is 0.339 e. The lowest BCUT2D eigenvalue weighted by atomic mass is 9.97. The number of pyridine rings is 1. The van der Waals surface area contributed by atoms with E-state index in [1.54, 1.807) is 0 Å². The molecular formula is C16H24N2O2. The first-order chi connectivity index (χ1) is 9.54. The van der Waals surface area contributed by atoms with E-state index in [0.717, 1.165) is 43.5 Å². The van der Waals surface area contributed by atoms with Crippen molar-refractivity contribution in [1.82, 2.24) is 4.98 Å². The fraction of sp³-hybridized carbons (Fsp3) is 0.625. The molecule has 1 aliphatic rings. The minimum absolute atomic E-state index is 0.374. The standard InChI is InChI=1S/C16H24N2O2/c1-4-7-13-8-5-6-9-18(13)15-14(16(19)20)11(2)10-12(3)17-15/h10,13H,4-9H2,1-3H3,(H,19,20). The first-order valence-corrected chi connectivity index (χ1v) is 7.52. The number of carboxylic acids is 1. The van der Waals surface area contributed by atoms with Crippen LogP contribution in [0.15, 0.2) is 6.07 Å². The van der Waals surface area contributed by atoms with E-state index in [-0.39, 0.29) is 0 Å². The van der Waals surface area contributed by atoms with Gasteiger partial charge in [0.2, 0.25) is 0 Å². The number of piperidine rings is 1. The number of aromatic carboxylic acids is 1. The number of rotatable bonds is 4. The molecule has 0 spiro atoms. The normalized spacial score (nSPS) is 19.1. The fourth-order valence-corrected chi connectivity index (χ4v) is 3.20. The molecule has 2 heterocycles. The largest absolute Gasteiger partial charge is 0.478 e. The van der Waals surface area contributed by atoms with Crippen LogP contribution in [0.5, 0.6) is 0 Å². The van der Waals surface area contributed by atoms with Gasteiger partial charge in [-0.25, -0.2) is 9.78 Å². The average molecular weight is 276 g/mol. The Morgan fingerprint density at radius 3 is 2.85 bits per heavy atom. The third kappa shape index (κ3) is 2.94. The van der Waals surface area contributed by atoms with Crippen molar-refractivity contribution in [2.24, 2.45) is 0 Å². The zero-order valence-electron chi connectivity index (χ0n) is 12.6. The van der Waals surface area contributed by atoms with Gasteiger partial charge in [-0.3, -0.25) is 0 Å². The third-order valence-electron chi connectivity index (χ3n) is 4.06. The maximum atomic E-state index is 11.6. The Balaban J connectivity index is 2.46. The van der Waals surface area contributed by atoms with E-state index in [2.05, 4.69) is 16.8 Å². The highest BCUT2D eigenvalue weighted by Crippen LogP contribution is 2.30. The highest BCUT2D eigenvalue weighted by atomic mass is 16.4. The third-order valence-corrected chi connectivity index (χ3v) is 4.06. The Morgan fingerprint density at radius 2 is 2.20 bits per heavy atom. The molecule has 1 aromatic heterocycles. The second-order valence-electron chi connectivity index (χ2n) is 5.72. The molecule has 4 nitrogen and oxygen atoms in total. The zero-order valence-corrected chi connectivity index (χ0v) is 12.6. The van der Waals surface area contributed by atoms with Crippen LogP contribution in [-0.2, 0) is 0 Å². The number of carbonyl (C=O) groups is 1. The lowest BCUT2D eigenvalue weighted by Crippen LogP contribution is -2.41. The molecule has 0 aromatic carbocycles. The van der Waals surface area contributed by atoms with Crippen LogP contribution in [0.2, 0.25) is 0 Å². The first-order valence-electron chi connectivity index (χ1n) is 7.52. The van der Waals surface area contributed by atoms with Crippen LogP contribution in [0.3, 0.4) is 0 Å². The molecule has 1 unspecified atom stereocenters. The number of hydrogen-bond acceptors (Lipinski definition) is 3. The summed E-state index contributed by atoms with van der Waals surface area (Å²) in [5.41, 5.74) is 2.07. The van der Waals surface area contributed by atoms with Crippen LogP contribution < -0.4 is 4.90 Å². The summed E-state index contributed by atoms with van der Waals surface area (Å²) in [4.78, 5) is 18.4. The fourth-order valence-electron chi connectivity index (χ4n) is 3.20. The lowest BCUT2D eigenvalue weighted by molar-refractivity contribution is 0.0696. The molecule has 2 rings (SSSR count). The van der Waals surface area contributed by atoms with E-state index in [4.69, 9.17) is 0 Å². The van der Waals surface area contributed by atoms with E-state index in [1.165, 1.54) is 6.42 Å². The molecule has 1 aliphatic heterocycles. The molecule has 0 bridgehead atoms. The van der Waals surface area contributed by atoms with Gasteiger partial charge in [-0.15, -0.1) is 0 Å². The molecule has 1 saturated heterocycles. The van der Waals surface area contributed by atoms with E-state index >= 15 is 0 Å². The van der Waals surface area contributed by atoms with E-state index in [1.807, 2.05) is 19.9 Å². The van der Waals surface area contributed by atoms with Gasteiger partial charge in [0.05, 0.1) is 0 Å². The van der Waals surface area contributed by atoms with Crippen molar-refractivity contribution in [2.75, 3.05) is 11.4 Å². The maximum absolute atomic E-state index is 11.6. The Morgan fingerprint density at radius 1 is 1.45 bits per heavy atom. The summed E-state index contributed by atoms with van der Waals surface area (Å²) in [6.45, 7) is 6.89. The van der Waals surface area contributed by atoms with Crippen LogP contribution in [0.4, 0.5) is 5.82 Å². The van der Waals surface area contributed by atoms with Crippen LogP contribution in [0, 0.1) is 13.8 Å². The second-order valence-corrected chi connectivity index (χ2v) is 5.72. The summed E-state index contributed by atoms with van der Waals surface area (Å²) >= 11 is 0. The summed E-state index contributed by atoms with van der Waals surface area (Å²) in [5.74, 6) is -0.195. The van der Waals surface area contributed by atoms with Crippen molar-refractivity contribution in [2.45, 2.75) is 58.9 Å². The average Bonchev–Trinajstić information content (AvgIpc) is 2.38. The topological polar surface area (TPSA) is 53.4 Å². The molecule has 0 saturated carbocycles. The van der Waals surface area contributed by atoms with Gasteiger partial charge in [-0.05, 0) is 51.2 Å². The molecule has 0 aliphatic carbocycles. The van der Waals surface area contributed by atoms with Crippen LogP contribution in [-0.4, -0.2) is 28.6 Å². The molecule has 0 amide bonds. The molecule has 1 fully saturated rings. The van der Waals surface area contributed by atoms with Crippen molar-refractivity contribution in [3.63, 3.8) is 0 Å². The summed E-state index contributed by atoms with van der Waals surface area (Å²) in [6.07, 6.45) is 5.71. The molecule has 110 valence electrons. The van der Waals surface area contributed by atoms with E-state index < -0.39 is 5.97 Å². The highest BCUT2D eigenvalue weighted by molar-refractivity contribution is 5.95. The van der Waals surface area contributed by atoms with Crippen molar-refractivity contribution in [1.29, 1.82) is 0 Å². The van der Waals surface area contributed by atoms with Gasteiger partial charge < -0.3 is 10.0 Å². The van der Waals surface area contributed by atoms with E-state index in [0.29, 0.717) is 17.4 Å². The number of anilines is 1. The monoisotopic (exact) mass is 276 g/mol. The lowest BCUT2D eigenvalue weighted by Gasteiger charge is -2.37. The van der Waals surface area contributed by atoms with Crippen molar-refractivity contribution >= 4 is 11.8 Å². The predicted octanol–water partition coefficient (Wildman–Crippen LogP) is 3.56. The van der Waals surface area contributed by atoms with Gasteiger partial charge in [-0.2, -0.15) is 0 Å².